The van der Waals surface area contributed by atoms with Gasteiger partial charge >= 0.3 is 0 Å². The Morgan fingerprint density at radius 2 is 1.70 bits per heavy atom. The van der Waals surface area contributed by atoms with Crippen molar-refractivity contribution in [2.75, 3.05) is 31.6 Å². The molecule has 1 aliphatic heterocycles. The fraction of sp³-hybridized carbons (Fsp3) is 0.263. The third-order valence-corrected chi connectivity index (χ3v) is 4.38. The maximum atomic E-state index is 12.7. The number of hydrogen-bond acceptors (Lipinski definition) is 4. The molecule has 0 fully saturated rings. The lowest BCUT2D eigenvalue weighted by Crippen LogP contribution is -2.37. The summed E-state index contributed by atoms with van der Waals surface area (Å²) >= 11 is 11.9. The number of anilines is 1. The molecule has 0 radical (unpaired) electrons. The number of nitrogens with zero attached hydrogens (tertiary/aromatic N) is 1. The molecule has 8 heteroatoms. The summed E-state index contributed by atoms with van der Waals surface area (Å²) in [7, 11) is 0. The molecule has 0 unspecified atom stereocenters. The van der Waals surface area contributed by atoms with E-state index in [1.54, 1.807) is 31.2 Å². The molecule has 0 spiro atoms. The van der Waals surface area contributed by atoms with Crippen molar-refractivity contribution in [3.8, 4) is 11.5 Å². The topological polar surface area (TPSA) is 67.9 Å². The van der Waals surface area contributed by atoms with Gasteiger partial charge in [0.2, 0.25) is 5.91 Å². The molecule has 142 valence electrons. The van der Waals surface area contributed by atoms with Crippen LogP contribution in [0.15, 0.2) is 36.4 Å². The van der Waals surface area contributed by atoms with Gasteiger partial charge in [-0.3, -0.25) is 9.59 Å². The van der Waals surface area contributed by atoms with Gasteiger partial charge in [0.25, 0.3) is 5.91 Å². The number of ether oxygens (including phenoxy) is 2. The summed E-state index contributed by atoms with van der Waals surface area (Å²) in [6.45, 7) is 3.01. The molecule has 1 N–H and O–H groups in total. The standard InChI is InChI=1S/C19H18Cl2N2O4/c1-2-23(19(25)12-7-13(20)9-14(21)8-12)11-18(24)22-15-3-4-16-17(10-15)27-6-5-26-16/h3-4,7-10H,2,5-6,11H2,1H3,(H,22,24). The number of halogens is 2. The zero-order chi connectivity index (χ0) is 19.4. The second-order valence-electron chi connectivity index (χ2n) is 5.88. The van der Waals surface area contributed by atoms with E-state index in [2.05, 4.69) is 5.32 Å². The molecular weight excluding hydrogens is 391 g/mol. The molecule has 3 rings (SSSR count). The first-order valence-electron chi connectivity index (χ1n) is 8.41. The van der Waals surface area contributed by atoms with E-state index in [0.29, 0.717) is 52.6 Å². The number of benzene rings is 2. The largest absolute Gasteiger partial charge is 0.486 e. The van der Waals surface area contributed by atoms with Crippen molar-refractivity contribution in [2.45, 2.75) is 6.92 Å². The first kappa shape index (κ1) is 19.3. The lowest BCUT2D eigenvalue weighted by atomic mass is 10.2. The first-order valence-corrected chi connectivity index (χ1v) is 9.16. The predicted octanol–water partition coefficient (Wildman–Crippen LogP) is 3.87. The highest BCUT2D eigenvalue weighted by Gasteiger charge is 2.19. The summed E-state index contributed by atoms with van der Waals surface area (Å²) in [5, 5.41) is 3.49. The minimum absolute atomic E-state index is 0.103. The van der Waals surface area contributed by atoms with Crippen LogP contribution in [0.3, 0.4) is 0 Å². The smallest absolute Gasteiger partial charge is 0.254 e. The number of amides is 2. The summed E-state index contributed by atoms with van der Waals surface area (Å²) in [4.78, 5) is 26.5. The molecule has 0 atom stereocenters. The van der Waals surface area contributed by atoms with Gasteiger partial charge in [-0.2, -0.15) is 0 Å². The Labute approximate surface area is 167 Å². The first-order chi connectivity index (χ1) is 13.0. The van der Waals surface area contributed by atoms with Crippen LogP contribution in [0.25, 0.3) is 0 Å². The highest BCUT2D eigenvalue weighted by Crippen LogP contribution is 2.32. The van der Waals surface area contributed by atoms with E-state index in [1.807, 2.05) is 0 Å². The molecule has 0 aliphatic carbocycles. The highest BCUT2D eigenvalue weighted by atomic mass is 35.5. The third kappa shape index (κ3) is 4.84. The Bertz CT molecular complexity index is 853. The van der Waals surface area contributed by atoms with Gasteiger partial charge in [-0.15, -0.1) is 0 Å². The van der Waals surface area contributed by atoms with Crippen LogP contribution in [0.5, 0.6) is 11.5 Å². The number of nitrogens with one attached hydrogen (secondary N) is 1. The van der Waals surface area contributed by atoms with Crippen LogP contribution in [-0.2, 0) is 4.79 Å². The zero-order valence-electron chi connectivity index (χ0n) is 14.6. The Balaban J connectivity index is 1.67. The van der Waals surface area contributed by atoms with E-state index in [0.717, 1.165) is 0 Å². The van der Waals surface area contributed by atoms with Gasteiger partial charge in [-0.05, 0) is 37.3 Å². The van der Waals surface area contributed by atoms with Crippen molar-refractivity contribution < 1.29 is 19.1 Å². The van der Waals surface area contributed by atoms with E-state index in [4.69, 9.17) is 32.7 Å². The Hall–Kier alpha value is -2.44. The van der Waals surface area contributed by atoms with Crippen molar-refractivity contribution in [1.29, 1.82) is 0 Å². The maximum Gasteiger partial charge on any atom is 0.254 e. The lowest BCUT2D eigenvalue weighted by molar-refractivity contribution is -0.116. The minimum Gasteiger partial charge on any atom is -0.486 e. The van der Waals surface area contributed by atoms with Crippen LogP contribution in [-0.4, -0.2) is 43.0 Å². The summed E-state index contributed by atoms with van der Waals surface area (Å²) in [6.07, 6.45) is 0. The molecule has 0 saturated heterocycles. The van der Waals surface area contributed by atoms with Crippen LogP contribution in [0.1, 0.15) is 17.3 Å². The van der Waals surface area contributed by atoms with Crippen molar-refractivity contribution >= 4 is 40.7 Å². The molecule has 0 aromatic heterocycles. The number of likely N-dealkylation sites (N-methyl/N-ethyl adjacent to an activating group) is 1. The molecule has 1 heterocycles. The SMILES string of the molecule is CCN(CC(=O)Nc1ccc2c(c1)OCCO2)C(=O)c1cc(Cl)cc(Cl)c1. The molecule has 0 saturated carbocycles. The van der Waals surface area contributed by atoms with E-state index in [9.17, 15) is 9.59 Å². The Morgan fingerprint density at radius 3 is 2.37 bits per heavy atom. The van der Waals surface area contributed by atoms with Crippen molar-refractivity contribution in [1.82, 2.24) is 4.90 Å². The molecule has 2 aromatic carbocycles. The Kier molecular flexibility index (Phi) is 6.08. The summed E-state index contributed by atoms with van der Waals surface area (Å²) in [5.41, 5.74) is 0.903. The van der Waals surface area contributed by atoms with Gasteiger partial charge in [0.15, 0.2) is 11.5 Å². The van der Waals surface area contributed by atoms with E-state index >= 15 is 0 Å². The van der Waals surface area contributed by atoms with Gasteiger partial charge < -0.3 is 19.7 Å². The minimum atomic E-state index is -0.324. The number of rotatable bonds is 5. The number of hydrogen-bond donors (Lipinski definition) is 1. The van der Waals surface area contributed by atoms with E-state index in [1.165, 1.54) is 17.0 Å². The molecule has 2 aromatic rings. The normalized spacial score (nSPS) is 12.4. The summed E-state index contributed by atoms with van der Waals surface area (Å²) in [6, 6.07) is 9.75. The van der Waals surface area contributed by atoms with Gasteiger partial charge in [-0.25, -0.2) is 0 Å². The van der Waals surface area contributed by atoms with Crippen LogP contribution in [0.4, 0.5) is 5.69 Å². The quantitative estimate of drug-likeness (QED) is 0.815. The number of carbonyl (C=O) groups is 2. The summed E-state index contributed by atoms with van der Waals surface area (Å²) in [5.74, 6) is 0.577. The zero-order valence-corrected chi connectivity index (χ0v) is 16.1. The second-order valence-corrected chi connectivity index (χ2v) is 6.76. The molecular formula is C19H18Cl2N2O4. The average Bonchev–Trinajstić information content (AvgIpc) is 2.64. The van der Waals surface area contributed by atoms with Gasteiger partial charge in [0, 0.05) is 33.9 Å². The van der Waals surface area contributed by atoms with Gasteiger partial charge in [0.1, 0.15) is 19.8 Å². The highest BCUT2D eigenvalue weighted by molar-refractivity contribution is 6.35. The summed E-state index contributed by atoms with van der Waals surface area (Å²) < 4.78 is 11.0. The van der Waals surface area contributed by atoms with Crippen LogP contribution >= 0.6 is 23.2 Å². The van der Waals surface area contributed by atoms with Crippen molar-refractivity contribution in [2.24, 2.45) is 0 Å². The molecule has 2 amide bonds. The number of fused-ring (bicyclic) bond motifs is 1. The second kappa shape index (κ2) is 8.50. The average molecular weight is 409 g/mol. The van der Waals surface area contributed by atoms with Crippen molar-refractivity contribution in [3.63, 3.8) is 0 Å². The molecule has 27 heavy (non-hydrogen) atoms. The predicted molar refractivity (Wildman–Crippen MR) is 104 cm³/mol. The van der Waals surface area contributed by atoms with E-state index in [-0.39, 0.29) is 18.4 Å². The fourth-order valence-electron chi connectivity index (χ4n) is 2.68. The fourth-order valence-corrected chi connectivity index (χ4v) is 3.21. The molecule has 6 nitrogen and oxygen atoms in total. The lowest BCUT2D eigenvalue weighted by Gasteiger charge is -2.21. The van der Waals surface area contributed by atoms with Gasteiger partial charge in [-0.1, -0.05) is 23.2 Å². The van der Waals surface area contributed by atoms with E-state index < -0.39 is 0 Å². The Morgan fingerprint density at radius 1 is 1.04 bits per heavy atom. The van der Waals surface area contributed by atoms with Crippen LogP contribution in [0.2, 0.25) is 10.0 Å². The third-order valence-electron chi connectivity index (χ3n) is 3.94. The van der Waals surface area contributed by atoms with Crippen molar-refractivity contribution in [3.05, 3.63) is 52.0 Å². The van der Waals surface area contributed by atoms with Crippen LogP contribution in [0, 0.1) is 0 Å². The van der Waals surface area contributed by atoms with Crippen LogP contribution < -0.4 is 14.8 Å². The monoisotopic (exact) mass is 408 g/mol. The van der Waals surface area contributed by atoms with Gasteiger partial charge in [0.05, 0.1) is 0 Å². The number of carbonyl (C=O) groups excluding carboxylic acids is 2. The maximum absolute atomic E-state index is 12.7. The molecule has 1 aliphatic rings. The molecule has 0 bridgehead atoms.